The molecule has 0 aliphatic heterocycles. The summed E-state index contributed by atoms with van der Waals surface area (Å²) in [6.07, 6.45) is 1.50. The molecular formula is C8H10N2O3. The number of anilines is 1. The number of hydrogen-bond acceptors (Lipinski definition) is 4. The van der Waals surface area contributed by atoms with Crippen molar-refractivity contribution in [2.75, 3.05) is 5.73 Å². The summed E-state index contributed by atoms with van der Waals surface area (Å²) >= 11 is 0. The van der Waals surface area contributed by atoms with Gasteiger partial charge in [0.05, 0.1) is 5.69 Å². The van der Waals surface area contributed by atoms with E-state index in [-0.39, 0.29) is 17.1 Å². The minimum absolute atomic E-state index is 0.0744. The normalized spacial score (nSPS) is 9.92. The molecule has 0 saturated carbocycles. The van der Waals surface area contributed by atoms with Gasteiger partial charge in [0.1, 0.15) is 5.56 Å². The maximum absolute atomic E-state index is 10.6. The highest BCUT2D eigenvalue weighted by Gasteiger charge is 2.14. The topological polar surface area (TPSA) is 96.4 Å². The van der Waals surface area contributed by atoms with Crippen molar-refractivity contribution >= 4 is 11.7 Å². The maximum Gasteiger partial charge on any atom is 0.339 e. The van der Waals surface area contributed by atoms with Crippen LogP contribution in [-0.2, 0) is 6.42 Å². The zero-order valence-corrected chi connectivity index (χ0v) is 7.11. The molecule has 0 aliphatic rings. The number of nitrogens with two attached hydrogens (primary N) is 1. The highest BCUT2D eigenvalue weighted by atomic mass is 16.4. The van der Waals surface area contributed by atoms with E-state index in [9.17, 15) is 9.90 Å². The first-order valence-electron chi connectivity index (χ1n) is 3.77. The standard InChI is InChI=1S/C8H10N2O3/c1-2-4-6(9)5(8(12)13)3-10-7(4)11/h3H,2H2,1H3,(H,12,13)(H3,9,10,11). The summed E-state index contributed by atoms with van der Waals surface area (Å²) in [5.74, 6) is -1.34. The molecule has 5 nitrogen and oxygen atoms in total. The molecule has 5 heteroatoms. The van der Waals surface area contributed by atoms with Gasteiger partial charge in [0.15, 0.2) is 0 Å². The fraction of sp³-hybridized carbons (Fsp3) is 0.250. The number of nitrogens with zero attached hydrogens (tertiary/aromatic N) is 1. The second-order valence-electron chi connectivity index (χ2n) is 2.55. The van der Waals surface area contributed by atoms with Crippen LogP contribution in [0.3, 0.4) is 0 Å². The van der Waals surface area contributed by atoms with Gasteiger partial charge in [-0.2, -0.15) is 0 Å². The van der Waals surface area contributed by atoms with E-state index in [1.807, 2.05) is 0 Å². The van der Waals surface area contributed by atoms with E-state index in [0.717, 1.165) is 6.20 Å². The van der Waals surface area contributed by atoms with Crippen LogP contribution in [0.2, 0.25) is 0 Å². The molecule has 1 heterocycles. The van der Waals surface area contributed by atoms with Crippen molar-refractivity contribution in [3.05, 3.63) is 17.3 Å². The van der Waals surface area contributed by atoms with Crippen molar-refractivity contribution in [3.63, 3.8) is 0 Å². The van der Waals surface area contributed by atoms with Crippen molar-refractivity contribution in [1.82, 2.24) is 4.98 Å². The van der Waals surface area contributed by atoms with Crippen molar-refractivity contribution in [3.8, 4) is 5.88 Å². The van der Waals surface area contributed by atoms with Crippen molar-refractivity contribution in [2.45, 2.75) is 13.3 Å². The van der Waals surface area contributed by atoms with Crippen LogP contribution in [0.5, 0.6) is 5.88 Å². The lowest BCUT2D eigenvalue weighted by atomic mass is 10.1. The molecule has 13 heavy (non-hydrogen) atoms. The predicted octanol–water partition coefficient (Wildman–Crippen LogP) is 0.630. The summed E-state index contributed by atoms with van der Waals surface area (Å²) in [6.45, 7) is 1.76. The Morgan fingerprint density at radius 1 is 1.69 bits per heavy atom. The Morgan fingerprint density at radius 3 is 2.77 bits per heavy atom. The van der Waals surface area contributed by atoms with Crippen molar-refractivity contribution in [2.24, 2.45) is 0 Å². The molecule has 4 N–H and O–H groups in total. The number of aromatic nitrogens is 1. The monoisotopic (exact) mass is 182 g/mol. The predicted molar refractivity (Wildman–Crippen MR) is 46.7 cm³/mol. The Balaban J connectivity index is 3.35. The van der Waals surface area contributed by atoms with Gasteiger partial charge in [0.2, 0.25) is 5.88 Å². The third-order valence-electron chi connectivity index (χ3n) is 1.79. The zero-order chi connectivity index (χ0) is 10.0. The second-order valence-corrected chi connectivity index (χ2v) is 2.55. The van der Waals surface area contributed by atoms with Crippen molar-refractivity contribution < 1.29 is 15.0 Å². The summed E-state index contributed by atoms with van der Waals surface area (Å²) in [4.78, 5) is 14.1. The number of carbonyl (C=O) groups is 1. The number of carboxylic acids is 1. The maximum atomic E-state index is 10.6. The summed E-state index contributed by atoms with van der Waals surface area (Å²) in [5, 5.41) is 17.9. The molecule has 0 aromatic carbocycles. The van der Waals surface area contributed by atoms with Crippen LogP contribution in [0.1, 0.15) is 22.8 Å². The molecule has 70 valence electrons. The first-order chi connectivity index (χ1) is 6.07. The van der Waals surface area contributed by atoms with Gasteiger partial charge >= 0.3 is 5.97 Å². The van der Waals surface area contributed by atoms with Gasteiger partial charge in [-0.15, -0.1) is 0 Å². The fourth-order valence-electron chi connectivity index (χ4n) is 1.08. The Kier molecular flexibility index (Phi) is 2.36. The van der Waals surface area contributed by atoms with Crippen LogP contribution in [-0.4, -0.2) is 21.2 Å². The number of carboxylic acid groups (broad SMARTS) is 1. The van der Waals surface area contributed by atoms with Crippen LogP contribution in [0, 0.1) is 0 Å². The molecule has 0 radical (unpaired) electrons. The number of pyridine rings is 1. The van der Waals surface area contributed by atoms with Gasteiger partial charge in [-0.3, -0.25) is 0 Å². The van der Waals surface area contributed by atoms with Crippen LogP contribution in [0.15, 0.2) is 6.20 Å². The van der Waals surface area contributed by atoms with E-state index >= 15 is 0 Å². The van der Waals surface area contributed by atoms with Gasteiger partial charge in [0.25, 0.3) is 0 Å². The molecule has 1 aromatic heterocycles. The SMILES string of the molecule is CCc1c(O)ncc(C(=O)O)c1N. The highest BCUT2D eigenvalue weighted by Crippen LogP contribution is 2.24. The summed E-state index contributed by atoms with van der Waals surface area (Å²) in [7, 11) is 0. The lowest BCUT2D eigenvalue weighted by Crippen LogP contribution is -2.06. The summed E-state index contributed by atoms with van der Waals surface area (Å²) in [6, 6.07) is 0. The van der Waals surface area contributed by atoms with Gasteiger partial charge < -0.3 is 15.9 Å². The molecule has 0 amide bonds. The van der Waals surface area contributed by atoms with Crippen LogP contribution < -0.4 is 5.73 Å². The smallest absolute Gasteiger partial charge is 0.339 e. The van der Waals surface area contributed by atoms with E-state index in [2.05, 4.69) is 4.98 Å². The van der Waals surface area contributed by atoms with E-state index < -0.39 is 5.97 Å². The molecule has 0 aliphatic carbocycles. The molecule has 1 aromatic rings. The summed E-state index contributed by atoms with van der Waals surface area (Å²) in [5.41, 5.74) is 5.90. The highest BCUT2D eigenvalue weighted by molar-refractivity contribution is 5.94. The Bertz CT molecular complexity index is 349. The minimum atomic E-state index is -1.14. The molecule has 0 atom stereocenters. The van der Waals surface area contributed by atoms with Gasteiger partial charge in [-0.05, 0) is 6.42 Å². The third-order valence-corrected chi connectivity index (χ3v) is 1.79. The summed E-state index contributed by atoms with van der Waals surface area (Å²) < 4.78 is 0. The first kappa shape index (κ1) is 9.31. The number of hydrogen-bond donors (Lipinski definition) is 3. The molecule has 0 bridgehead atoms. The van der Waals surface area contributed by atoms with E-state index in [4.69, 9.17) is 10.8 Å². The first-order valence-corrected chi connectivity index (χ1v) is 3.77. The van der Waals surface area contributed by atoms with Crippen LogP contribution in [0.25, 0.3) is 0 Å². The number of rotatable bonds is 2. The molecule has 1 rings (SSSR count). The Morgan fingerprint density at radius 2 is 2.31 bits per heavy atom. The average molecular weight is 182 g/mol. The Hall–Kier alpha value is -1.78. The van der Waals surface area contributed by atoms with E-state index in [0.29, 0.717) is 12.0 Å². The minimum Gasteiger partial charge on any atom is -0.493 e. The average Bonchev–Trinajstić information content (AvgIpc) is 2.04. The Labute approximate surface area is 74.8 Å². The van der Waals surface area contributed by atoms with Gasteiger partial charge in [-0.1, -0.05) is 6.92 Å². The van der Waals surface area contributed by atoms with Gasteiger partial charge in [0, 0.05) is 11.8 Å². The van der Waals surface area contributed by atoms with Crippen molar-refractivity contribution in [1.29, 1.82) is 0 Å². The lowest BCUT2D eigenvalue weighted by Gasteiger charge is -2.06. The molecule has 0 unspecified atom stereocenters. The number of nitrogen functional groups attached to an aromatic ring is 1. The van der Waals surface area contributed by atoms with E-state index in [1.165, 1.54) is 0 Å². The largest absolute Gasteiger partial charge is 0.493 e. The lowest BCUT2D eigenvalue weighted by molar-refractivity contribution is 0.0697. The molecule has 0 saturated heterocycles. The second kappa shape index (κ2) is 3.30. The third kappa shape index (κ3) is 1.53. The fourth-order valence-corrected chi connectivity index (χ4v) is 1.08. The van der Waals surface area contributed by atoms with Crippen LogP contribution in [0.4, 0.5) is 5.69 Å². The number of aromatic hydroxyl groups is 1. The van der Waals surface area contributed by atoms with Crippen LogP contribution >= 0.6 is 0 Å². The van der Waals surface area contributed by atoms with Gasteiger partial charge in [-0.25, -0.2) is 9.78 Å². The zero-order valence-electron chi connectivity index (χ0n) is 7.11. The molecule has 0 fully saturated rings. The molecular weight excluding hydrogens is 172 g/mol. The molecule has 0 spiro atoms. The number of aromatic carboxylic acids is 1. The van der Waals surface area contributed by atoms with E-state index in [1.54, 1.807) is 6.92 Å². The quantitative estimate of drug-likeness (QED) is 0.623.